The van der Waals surface area contributed by atoms with E-state index in [2.05, 4.69) is 6.42 Å². The molecule has 1 heteroatoms. The minimum Gasteiger partial charge on any atom is -0.126 e. The average molecular weight is 139 g/mol. The van der Waals surface area contributed by atoms with Crippen LogP contribution in [0.3, 0.4) is 0 Å². The van der Waals surface area contributed by atoms with Crippen molar-refractivity contribution in [2.75, 3.05) is 5.88 Å². The fourth-order valence-corrected chi connectivity index (χ4v) is 0.787. The molecule has 0 N–H and O–H groups in total. The highest BCUT2D eigenvalue weighted by Crippen LogP contribution is 2.01. The summed E-state index contributed by atoms with van der Waals surface area (Å²) in [6.07, 6.45) is 2.97. The van der Waals surface area contributed by atoms with Crippen LogP contribution in [0.25, 0.3) is 0 Å². The van der Waals surface area contributed by atoms with Crippen molar-refractivity contribution >= 4 is 11.6 Å². The fraction of sp³-hybridized carbons (Fsp3) is 0.125. The lowest BCUT2D eigenvalue weighted by Crippen LogP contribution is -1.79. The lowest BCUT2D eigenvalue weighted by atomic mass is 10.2. The second kappa shape index (κ2) is 3.52. The minimum atomic E-state index is 0.462. The van der Waals surface area contributed by atoms with E-state index in [-0.39, 0.29) is 0 Å². The van der Waals surface area contributed by atoms with Crippen LogP contribution in [-0.4, -0.2) is 5.88 Å². The highest BCUT2D eigenvalue weighted by molar-refractivity contribution is 6.18. The SMILES string of the molecule is ClC[C]c1ccccc1. The van der Waals surface area contributed by atoms with Gasteiger partial charge in [-0.3, -0.25) is 0 Å². The Morgan fingerprint density at radius 3 is 2.44 bits per heavy atom. The number of benzene rings is 1. The van der Waals surface area contributed by atoms with E-state index >= 15 is 0 Å². The largest absolute Gasteiger partial charge is 0.126 e. The van der Waals surface area contributed by atoms with Crippen molar-refractivity contribution in [3.05, 3.63) is 42.3 Å². The van der Waals surface area contributed by atoms with Crippen molar-refractivity contribution in [2.45, 2.75) is 0 Å². The van der Waals surface area contributed by atoms with Crippen LogP contribution in [0.2, 0.25) is 0 Å². The molecular formula is C8H7Cl. The first-order valence-electron chi connectivity index (χ1n) is 2.78. The van der Waals surface area contributed by atoms with E-state index in [0.29, 0.717) is 5.88 Å². The third-order valence-corrected chi connectivity index (χ3v) is 1.18. The molecule has 0 spiro atoms. The number of halogens is 1. The standard InChI is InChI=1S/C8H7Cl/c9-7-6-8-4-2-1-3-5-8/h1-5H,7H2. The summed E-state index contributed by atoms with van der Waals surface area (Å²) in [7, 11) is 0. The smallest absolute Gasteiger partial charge is 0.0339 e. The van der Waals surface area contributed by atoms with E-state index in [1.165, 1.54) is 0 Å². The van der Waals surface area contributed by atoms with Crippen LogP contribution in [-0.2, 0) is 0 Å². The summed E-state index contributed by atoms with van der Waals surface area (Å²) >= 11 is 5.42. The molecule has 0 heterocycles. The fourth-order valence-electron chi connectivity index (χ4n) is 0.633. The van der Waals surface area contributed by atoms with Gasteiger partial charge in [0.05, 0.1) is 0 Å². The van der Waals surface area contributed by atoms with Gasteiger partial charge in [-0.1, -0.05) is 30.3 Å². The van der Waals surface area contributed by atoms with Crippen LogP contribution in [0.1, 0.15) is 5.56 Å². The van der Waals surface area contributed by atoms with Crippen molar-refractivity contribution < 1.29 is 0 Å². The Morgan fingerprint density at radius 1 is 1.22 bits per heavy atom. The number of rotatable bonds is 2. The van der Waals surface area contributed by atoms with Gasteiger partial charge in [0.25, 0.3) is 0 Å². The second-order valence-corrected chi connectivity index (χ2v) is 1.94. The number of hydrogen-bond donors (Lipinski definition) is 0. The van der Waals surface area contributed by atoms with Gasteiger partial charge in [-0.15, -0.1) is 11.6 Å². The lowest BCUT2D eigenvalue weighted by molar-refractivity contribution is 1.43. The zero-order valence-corrected chi connectivity index (χ0v) is 5.73. The molecule has 2 radical (unpaired) electrons. The summed E-state index contributed by atoms with van der Waals surface area (Å²) in [5, 5.41) is 0. The molecule has 46 valence electrons. The summed E-state index contributed by atoms with van der Waals surface area (Å²) < 4.78 is 0. The molecule has 0 amide bonds. The Morgan fingerprint density at radius 2 is 1.89 bits per heavy atom. The Bertz CT molecular complexity index is 157. The molecule has 0 bridgehead atoms. The van der Waals surface area contributed by atoms with Crippen LogP contribution >= 0.6 is 11.6 Å². The Balaban J connectivity index is 2.61. The molecule has 1 aromatic carbocycles. The maximum Gasteiger partial charge on any atom is 0.0339 e. The first kappa shape index (κ1) is 6.63. The van der Waals surface area contributed by atoms with E-state index in [1.807, 2.05) is 30.3 Å². The molecule has 0 nitrogen and oxygen atoms in total. The van der Waals surface area contributed by atoms with E-state index in [1.54, 1.807) is 0 Å². The summed E-state index contributed by atoms with van der Waals surface area (Å²) in [6, 6.07) is 9.86. The lowest BCUT2D eigenvalue weighted by Gasteiger charge is -1.91. The van der Waals surface area contributed by atoms with Crippen LogP contribution in [0, 0.1) is 6.42 Å². The quantitative estimate of drug-likeness (QED) is 0.551. The van der Waals surface area contributed by atoms with E-state index in [0.717, 1.165) is 5.56 Å². The third-order valence-electron chi connectivity index (χ3n) is 1.04. The van der Waals surface area contributed by atoms with Crippen LogP contribution in [0.5, 0.6) is 0 Å². The van der Waals surface area contributed by atoms with Crippen LogP contribution in [0.15, 0.2) is 30.3 Å². The van der Waals surface area contributed by atoms with Gasteiger partial charge in [-0.25, -0.2) is 0 Å². The molecule has 0 aliphatic heterocycles. The molecule has 0 fully saturated rings. The Labute approximate surface area is 60.5 Å². The molecular weight excluding hydrogens is 132 g/mol. The maximum atomic E-state index is 5.42. The highest BCUT2D eigenvalue weighted by Gasteiger charge is 1.87. The Hall–Kier alpha value is -0.490. The third kappa shape index (κ3) is 2.06. The summed E-state index contributed by atoms with van der Waals surface area (Å²) in [5.41, 5.74) is 1.06. The van der Waals surface area contributed by atoms with Crippen molar-refractivity contribution in [2.24, 2.45) is 0 Å². The number of hydrogen-bond acceptors (Lipinski definition) is 0. The molecule has 0 aliphatic rings. The average Bonchev–Trinajstić information content (AvgIpc) is 1.91. The van der Waals surface area contributed by atoms with Gasteiger partial charge < -0.3 is 0 Å². The first-order chi connectivity index (χ1) is 4.43. The summed E-state index contributed by atoms with van der Waals surface area (Å²) in [6.45, 7) is 0. The predicted molar refractivity (Wildman–Crippen MR) is 39.5 cm³/mol. The van der Waals surface area contributed by atoms with Gasteiger partial charge in [0.2, 0.25) is 0 Å². The van der Waals surface area contributed by atoms with Crippen molar-refractivity contribution in [3.63, 3.8) is 0 Å². The molecule has 0 unspecified atom stereocenters. The molecule has 0 saturated carbocycles. The normalized spacial score (nSPS) is 9.44. The molecule has 1 aromatic rings. The van der Waals surface area contributed by atoms with Crippen molar-refractivity contribution in [1.82, 2.24) is 0 Å². The van der Waals surface area contributed by atoms with E-state index in [4.69, 9.17) is 11.6 Å². The summed E-state index contributed by atoms with van der Waals surface area (Å²) in [4.78, 5) is 0. The van der Waals surface area contributed by atoms with Gasteiger partial charge in [-0.2, -0.15) is 0 Å². The van der Waals surface area contributed by atoms with Crippen molar-refractivity contribution in [1.29, 1.82) is 0 Å². The maximum absolute atomic E-state index is 5.42. The monoisotopic (exact) mass is 138 g/mol. The zero-order chi connectivity index (χ0) is 6.53. The summed E-state index contributed by atoms with van der Waals surface area (Å²) in [5.74, 6) is 0.462. The van der Waals surface area contributed by atoms with Gasteiger partial charge in [0, 0.05) is 12.3 Å². The minimum absolute atomic E-state index is 0.462. The van der Waals surface area contributed by atoms with Gasteiger partial charge >= 0.3 is 0 Å². The topological polar surface area (TPSA) is 0 Å². The van der Waals surface area contributed by atoms with Crippen LogP contribution < -0.4 is 0 Å². The van der Waals surface area contributed by atoms with Gasteiger partial charge in [-0.05, 0) is 5.56 Å². The van der Waals surface area contributed by atoms with Gasteiger partial charge in [0.1, 0.15) is 0 Å². The molecule has 0 saturated heterocycles. The second-order valence-electron chi connectivity index (χ2n) is 1.68. The molecule has 1 rings (SSSR count). The van der Waals surface area contributed by atoms with Crippen molar-refractivity contribution in [3.8, 4) is 0 Å². The van der Waals surface area contributed by atoms with E-state index in [9.17, 15) is 0 Å². The Kier molecular flexibility index (Phi) is 2.59. The molecule has 0 aromatic heterocycles. The number of alkyl halides is 1. The first-order valence-corrected chi connectivity index (χ1v) is 3.32. The molecule has 0 atom stereocenters. The molecule has 9 heavy (non-hydrogen) atoms. The van der Waals surface area contributed by atoms with Crippen LogP contribution in [0.4, 0.5) is 0 Å². The predicted octanol–water partition coefficient (Wildman–Crippen LogP) is 2.35. The molecule has 0 aliphatic carbocycles. The zero-order valence-electron chi connectivity index (χ0n) is 4.97. The van der Waals surface area contributed by atoms with Gasteiger partial charge in [0.15, 0.2) is 0 Å². The highest BCUT2D eigenvalue weighted by atomic mass is 35.5. The van der Waals surface area contributed by atoms with E-state index < -0.39 is 0 Å².